The summed E-state index contributed by atoms with van der Waals surface area (Å²) in [4.78, 5) is 24.0. The SMILES string of the molecule is CC(=O)Nc1cccc(C(=O)NC2(c3ccccc3)CCCC2)c1. The lowest BCUT2D eigenvalue weighted by Crippen LogP contribution is -2.43. The van der Waals surface area contributed by atoms with Crippen molar-refractivity contribution in [1.29, 1.82) is 0 Å². The zero-order chi connectivity index (χ0) is 17.0. The van der Waals surface area contributed by atoms with Gasteiger partial charge in [-0.3, -0.25) is 9.59 Å². The molecule has 1 saturated carbocycles. The van der Waals surface area contributed by atoms with Crippen LogP contribution in [0.1, 0.15) is 48.5 Å². The minimum absolute atomic E-state index is 0.104. The lowest BCUT2D eigenvalue weighted by molar-refractivity contribution is -0.114. The highest BCUT2D eigenvalue weighted by atomic mass is 16.2. The molecule has 1 aliphatic carbocycles. The zero-order valence-electron chi connectivity index (χ0n) is 13.8. The van der Waals surface area contributed by atoms with E-state index in [1.165, 1.54) is 6.92 Å². The van der Waals surface area contributed by atoms with Gasteiger partial charge in [0.25, 0.3) is 5.91 Å². The van der Waals surface area contributed by atoms with E-state index >= 15 is 0 Å². The van der Waals surface area contributed by atoms with Crippen molar-refractivity contribution in [2.75, 3.05) is 5.32 Å². The van der Waals surface area contributed by atoms with E-state index < -0.39 is 0 Å². The van der Waals surface area contributed by atoms with Gasteiger partial charge in [-0.1, -0.05) is 49.2 Å². The Labute approximate surface area is 142 Å². The van der Waals surface area contributed by atoms with Crippen molar-refractivity contribution in [2.24, 2.45) is 0 Å². The fourth-order valence-electron chi connectivity index (χ4n) is 3.45. The molecule has 1 fully saturated rings. The average Bonchev–Trinajstić information content (AvgIpc) is 3.05. The largest absolute Gasteiger partial charge is 0.343 e. The van der Waals surface area contributed by atoms with Crippen LogP contribution < -0.4 is 10.6 Å². The molecule has 0 aliphatic heterocycles. The van der Waals surface area contributed by atoms with Gasteiger partial charge in [0, 0.05) is 18.2 Å². The lowest BCUT2D eigenvalue weighted by atomic mass is 9.88. The molecule has 2 aromatic carbocycles. The number of benzene rings is 2. The average molecular weight is 322 g/mol. The normalized spacial score (nSPS) is 15.7. The second-order valence-corrected chi connectivity index (χ2v) is 6.37. The third kappa shape index (κ3) is 3.48. The van der Waals surface area contributed by atoms with Gasteiger partial charge >= 0.3 is 0 Å². The Morgan fingerprint density at radius 1 is 0.958 bits per heavy atom. The molecule has 1 aliphatic rings. The number of carbonyl (C=O) groups excluding carboxylic acids is 2. The smallest absolute Gasteiger partial charge is 0.252 e. The summed E-state index contributed by atoms with van der Waals surface area (Å²) in [5, 5.41) is 5.97. The van der Waals surface area contributed by atoms with Crippen LogP contribution >= 0.6 is 0 Å². The zero-order valence-corrected chi connectivity index (χ0v) is 13.8. The van der Waals surface area contributed by atoms with Gasteiger partial charge in [0.1, 0.15) is 0 Å². The number of rotatable bonds is 4. The second kappa shape index (κ2) is 6.87. The van der Waals surface area contributed by atoms with E-state index in [0.29, 0.717) is 11.3 Å². The standard InChI is InChI=1S/C20H22N2O2/c1-15(23)21-18-11-7-8-16(14-18)19(24)22-20(12-5-6-13-20)17-9-3-2-4-10-17/h2-4,7-11,14H,5-6,12-13H2,1H3,(H,21,23)(H,22,24). The van der Waals surface area contributed by atoms with Gasteiger partial charge < -0.3 is 10.6 Å². The Balaban J connectivity index is 1.83. The lowest BCUT2D eigenvalue weighted by Gasteiger charge is -2.31. The van der Waals surface area contributed by atoms with Gasteiger partial charge in [-0.15, -0.1) is 0 Å². The van der Waals surface area contributed by atoms with Crippen LogP contribution in [0.3, 0.4) is 0 Å². The fraction of sp³-hybridized carbons (Fsp3) is 0.300. The van der Waals surface area contributed by atoms with Crippen LogP contribution in [-0.2, 0) is 10.3 Å². The summed E-state index contributed by atoms with van der Waals surface area (Å²) in [6.45, 7) is 1.45. The van der Waals surface area contributed by atoms with E-state index in [9.17, 15) is 9.59 Å². The van der Waals surface area contributed by atoms with Crippen molar-refractivity contribution in [3.63, 3.8) is 0 Å². The maximum absolute atomic E-state index is 12.8. The highest BCUT2D eigenvalue weighted by Gasteiger charge is 2.37. The first-order valence-corrected chi connectivity index (χ1v) is 8.35. The molecule has 2 amide bonds. The van der Waals surface area contributed by atoms with E-state index in [1.807, 2.05) is 18.2 Å². The van der Waals surface area contributed by atoms with Crippen LogP contribution in [0.15, 0.2) is 54.6 Å². The van der Waals surface area contributed by atoms with E-state index in [2.05, 4.69) is 22.8 Å². The highest BCUT2D eigenvalue weighted by molar-refractivity contribution is 5.97. The first-order valence-electron chi connectivity index (χ1n) is 8.35. The molecule has 0 heterocycles. The van der Waals surface area contributed by atoms with Crippen molar-refractivity contribution in [2.45, 2.75) is 38.1 Å². The summed E-state index contributed by atoms with van der Waals surface area (Å²) in [7, 11) is 0. The molecule has 4 heteroatoms. The van der Waals surface area contributed by atoms with Crippen LogP contribution in [0.25, 0.3) is 0 Å². The van der Waals surface area contributed by atoms with Crippen molar-refractivity contribution in [3.8, 4) is 0 Å². The van der Waals surface area contributed by atoms with Gasteiger partial charge in [-0.2, -0.15) is 0 Å². The Morgan fingerprint density at radius 3 is 2.33 bits per heavy atom. The van der Waals surface area contributed by atoms with Crippen LogP contribution in [-0.4, -0.2) is 11.8 Å². The van der Waals surface area contributed by atoms with E-state index in [4.69, 9.17) is 0 Å². The monoisotopic (exact) mass is 322 g/mol. The topological polar surface area (TPSA) is 58.2 Å². The van der Waals surface area contributed by atoms with Gasteiger partial charge in [-0.05, 0) is 36.6 Å². The van der Waals surface area contributed by atoms with Gasteiger partial charge in [0.05, 0.1) is 5.54 Å². The van der Waals surface area contributed by atoms with Crippen molar-refractivity contribution >= 4 is 17.5 Å². The summed E-state index contributed by atoms with van der Waals surface area (Å²) in [5.74, 6) is -0.253. The molecule has 2 aromatic rings. The van der Waals surface area contributed by atoms with Crippen LogP contribution in [0.5, 0.6) is 0 Å². The number of anilines is 1. The van der Waals surface area contributed by atoms with Crippen molar-refractivity contribution < 1.29 is 9.59 Å². The molecular weight excluding hydrogens is 300 g/mol. The molecule has 0 aromatic heterocycles. The van der Waals surface area contributed by atoms with Crippen LogP contribution in [0, 0.1) is 0 Å². The number of hydrogen-bond donors (Lipinski definition) is 2. The molecule has 0 unspecified atom stereocenters. The number of hydrogen-bond acceptors (Lipinski definition) is 2. The number of amides is 2. The summed E-state index contributed by atoms with van der Waals surface area (Å²) < 4.78 is 0. The molecule has 24 heavy (non-hydrogen) atoms. The Morgan fingerprint density at radius 2 is 1.67 bits per heavy atom. The molecule has 4 nitrogen and oxygen atoms in total. The minimum atomic E-state index is -0.289. The number of carbonyl (C=O) groups is 2. The fourth-order valence-corrected chi connectivity index (χ4v) is 3.45. The molecular formula is C20H22N2O2. The molecule has 124 valence electrons. The molecule has 3 rings (SSSR count). The van der Waals surface area contributed by atoms with Crippen LogP contribution in [0.2, 0.25) is 0 Å². The summed E-state index contributed by atoms with van der Waals surface area (Å²) in [6, 6.07) is 17.2. The maximum Gasteiger partial charge on any atom is 0.252 e. The first kappa shape index (κ1) is 16.2. The number of nitrogens with one attached hydrogen (secondary N) is 2. The molecule has 0 radical (unpaired) electrons. The third-order valence-corrected chi connectivity index (χ3v) is 4.58. The maximum atomic E-state index is 12.8. The first-order chi connectivity index (χ1) is 11.6. The van der Waals surface area contributed by atoms with E-state index in [1.54, 1.807) is 24.3 Å². The Bertz CT molecular complexity index is 734. The van der Waals surface area contributed by atoms with Crippen molar-refractivity contribution in [3.05, 3.63) is 65.7 Å². The van der Waals surface area contributed by atoms with E-state index in [0.717, 1.165) is 31.2 Å². The predicted molar refractivity (Wildman–Crippen MR) is 94.8 cm³/mol. The summed E-state index contributed by atoms with van der Waals surface area (Å²) >= 11 is 0. The quantitative estimate of drug-likeness (QED) is 0.898. The third-order valence-electron chi connectivity index (χ3n) is 4.58. The molecule has 2 N–H and O–H groups in total. The van der Waals surface area contributed by atoms with Crippen LogP contribution in [0.4, 0.5) is 5.69 Å². The summed E-state index contributed by atoms with van der Waals surface area (Å²) in [5.41, 5.74) is 2.06. The molecule has 0 saturated heterocycles. The van der Waals surface area contributed by atoms with E-state index in [-0.39, 0.29) is 17.4 Å². The highest BCUT2D eigenvalue weighted by Crippen LogP contribution is 2.38. The summed E-state index contributed by atoms with van der Waals surface area (Å²) in [6.07, 6.45) is 4.13. The molecule has 0 spiro atoms. The minimum Gasteiger partial charge on any atom is -0.343 e. The van der Waals surface area contributed by atoms with Gasteiger partial charge in [0.15, 0.2) is 0 Å². The molecule has 0 atom stereocenters. The molecule has 0 bridgehead atoms. The van der Waals surface area contributed by atoms with Crippen molar-refractivity contribution in [1.82, 2.24) is 5.32 Å². The van der Waals surface area contributed by atoms with Gasteiger partial charge in [-0.25, -0.2) is 0 Å². The van der Waals surface area contributed by atoms with Gasteiger partial charge in [0.2, 0.25) is 5.91 Å². The predicted octanol–water partition coefficient (Wildman–Crippen LogP) is 3.84. The Hall–Kier alpha value is -2.62. The Kier molecular flexibility index (Phi) is 4.65. The second-order valence-electron chi connectivity index (χ2n) is 6.37.